The molecule has 0 saturated carbocycles. The van der Waals surface area contributed by atoms with Crippen molar-refractivity contribution in [3.63, 3.8) is 0 Å². The van der Waals surface area contributed by atoms with Crippen LogP contribution in [0.5, 0.6) is 11.5 Å². The zero-order chi connectivity index (χ0) is 19.8. The molecule has 2 aromatic rings. The number of ether oxygens (including phenoxy) is 1. The number of benzene rings is 2. The number of nitrogens with one attached hydrogen (secondary N) is 2. The van der Waals surface area contributed by atoms with E-state index in [4.69, 9.17) is 17.0 Å². The number of aryl methyl sites for hydroxylation is 3. The van der Waals surface area contributed by atoms with Crippen molar-refractivity contribution in [3.8, 4) is 11.5 Å². The topological polar surface area (TPSA) is 65.9 Å². The second-order valence-electron chi connectivity index (χ2n) is 7.62. The van der Waals surface area contributed by atoms with Crippen molar-refractivity contribution in [1.82, 2.24) is 5.43 Å². The summed E-state index contributed by atoms with van der Waals surface area (Å²) in [5.74, 6) is 0.880. The Morgan fingerprint density at radius 1 is 1.15 bits per heavy atom. The number of fused-ring (bicyclic) bond motifs is 1. The van der Waals surface area contributed by atoms with E-state index in [0.29, 0.717) is 17.3 Å². The van der Waals surface area contributed by atoms with Crippen LogP contribution >= 0.6 is 12.2 Å². The number of rotatable bonds is 2. The first kappa shape index (κ1) is 19.2. The fraction of sp³-hybridized carbons (Fsp3) is 0.333. The van der Waals surface area contributed by atoms with Crippen molar-refractivity contribution >= 4 is 28.7 Å². The molecule has 0 amide bonds. The molecule has 142 valence electrons. The fourth-order valence-corrected chi connectivity index (χ4v) is 3.55. The van der Waals surface area contributed by atoms with Gasteiger partial charge < -0.3 is 15.2 Å². The summed E-state index contributed by atoms with van der Waals surface area (Å²) in [6, 6.07) is 9.26. The summed E-state index contributed by atoms with van der Waals surface area (Å²) in [6.07, 6.45) is 0.599. The van der Waals surface area contributed by atoms with Crippen LogP contribution in [0.4, 0.5) is 5.69 Å². The number of aromatic hydroxyl groups is 1. The summed E-state index contributed by atoms with van der Waals surface area (Å²) in [5.41, 5.74) is 8.59. The molecular weight excluding hydrogens is 358 g/mol. The normalized spacial score (nSPS) is 16.4. The van der Waals surface area contributed by atoms with Crippen molar-refractivity contribution in [2.45, 2.75) is 46.6 Å². The maximum absolute atomic E-state index is 9.82. The Labute approximate surface area is 165 Å². The predicted molar refractivity (Wildman–Crippen MR) is 114 cm³/mol. The highest BCUT2D eigenvalue weighted by Crippen LogP contribution is 2.35. The maximum Gasteiger partial charge on any atom is 0.191 e. The van der Waals surface area contributed by atoms with Gasteiger partial charge in [-0.25, -0.2) is 0 Å². The summed E-state index contributed by atoms with van der Waals surface area (Å²) >= 11 is 5.43. The lowest BCUT2D eigenvalue weighted by molar-refractivity contribution is 0.111. The van der Waals surface area contributed by atoms with Crippen LogP contribution in [-0.4, -0.2) is 21.5 Å². The van der Waals surface area contributed by atoms with Crippen LogP contribution in [0, 0.1) is 20.8 Å². The van der Waals surface area contributed by atoms with Gasteiger partial charge in [-0.2, -0.15) is 5.10 Å². The first-order valence-electron chi connectivity index (χ1n) is 8.88. The van der Waals surface area contributed by atoms with Gasteiger partial charge in [0.2, 0.25) is 0 Å². The molecule has 0 fully saturated rings. The van der Waals surface area contributed by atoms with E-state index in [9.17, 15) is 5.11 Å². The summed E-state index contributed by atoms with van der Waals surface area (Å²) in [4.78, 5) is 0. The number of anilines is 1. The van der Waals surface area contributed by atoms with Gasteiger partial charge in [0.25, 0.3) is 0 Å². The van der Waals surface area contributed by atoms with Crippen molar-refractivity contribution in [2.75, 3.05) is 5.32 Å². The molecule has 1 aliphatic rings. The molecule has 5 nitrogen and oxygen atoms in total. The van der Waals surface area contributed by atoms with E-state index in [1.165, 1.54) is 5.56 Å². The van der Waals surface area contributed by atoms with Gasteiger partial charge in [0, 0.05) is 17.7 Å². The van der Waals surface area contributed by atoms with E-state index >= 15 is 0 Å². The lowest BCUT2D eigenvalue weighted by Crippen LogP contribution is -2.37. The van der Waals surface area contributed by atoms with Crippen molar-refractivity contribution < 1.29 is 9.84 Å². The first-order chi connectivity index (χ1) is 12.6. The number of hydrazone groups is 1. The van der Waals surface area contributed by atoms with Crippen molar-refractivity contribution in [3.05, 3.63) is 52.6 Å². The maximum atomic E-state index is 9.82. The van der Waals surface area contributed by atoms with E-state index in [1.807, 2.05) is 13.8 Å². The third-order valence-electron chi connectivity index (χ3n) is 4.46. The van der Waals surface area contributed by atoms with Gasteiger partial charge in [-0.15, -0.1) is 0 Å². The standard InChI is InChI=1S/C21H25N3O2S/c1-12-8-13(2)19(14(3)9-12)22-20(27)24-23-17-11-21(4,5)26-18-7-6-15(25)10-16(17)18/h6-10,25H,11H2,1-5H3,(H2,22,24,27). The van der Waals surface area contributed by atoms with Crippen LogP contribution in [0.1, 0.15) is 42.5 Å². The molecule has 27 heavy (non-hydrogen) atoms. The molecule has 2 aromatic carbocycles. The van der Waals surface area contributed by atoms with Crippen LogP contribution in [-0.2, 0) is 0 Å². The minimum Gasteiger partial charge on any atom is -0.508 e. The molecule has 0 unspecified atom stereocenters. The van der Waals surface area contributed by atoms with E-state index < -0.39 is 0 Å². The summed E-state index contributed by atoms with van der Waals surface area (Å²) in [6.45, 7) is 10.2. The number of nitrogens with zero attached hydrogens (tertiary/aromatic N) is 1. The zero-order valence-electron chi connectivity index (χ0n) is 16.3. The summed E-state index contributed by atoms with van der Waals surface area (Å²) in [7, 11) is 0. The highest BCUT2D eigenvalue weighted by molar-refractivity contribution is 7.80. The predicted octanol–water partition coefficient (Wildman–Crippen LogP) is 4.57. The Morgan fingerprint density at radius 2 is 1.81 bits per heavy atom. The molecule has 3 rings (SSSR count). The smallest absolute Gasteiger partial charge is 0.191 e. The van der Waals surface area contributed by atoms with E-state index in [-0.39, 0.29) is 11.4 Å². The molecular formula is C21H25N3O2S. The molecule has 0 radical (unpaired) electrons. The van der Waals surface area contributed by atoms with Gasteiger partial charge in [0.05, 0.1) is 5.71 Å². The molecule has 6 heteroatoms. The Balaban J connectivity index is 1.82. The molecule has 0 saturated heterocycles. The Bertz CT molecular complexity index is 912. The van der Waals surface area contributed by atoms with Crippen LogP contribution in [0.3, 0.4) is 0 Å². The molecule has 0 bridgehead atoms. The average Bonchev–Trinajstić information content (AvgIpc) is 2.56. The fourth-order valence-electron chi connectivity index (χ4n) is 3.40. The zero-order valence-corrected chi connectivity index (χ0v) is 17.1. The van der Waals surface area contributed by atoms with E-state index in [2.05, 4.69) is 48.7 Å². The highest BCUT2D eigenvalue weighted by Gasteiger charge is 2.31. The van der Waals surface area contributed by atoms with Gasteiger partial charge in [-0.1, -0.05) is 17.7 Å². The molecule has 0 aliphatic carbocycles. The van der Waals surface area contributed by atoms with Gasteiger partial charge >= 0.3 is 0 Å². The monoisotopic (exact) mass is 383 g/mol. The highest BCUT2D eigenvalue weighted by atomic mass is 32.1. The Kier molecular flexibility index (Phi) is 5.11. The lowest BCUT2D eigenvalue weighted by Gasteiger charge is -2.33. The van der Waals surface area contributed by atoms with Crippen LogP contribution in [0.15, 0.2) is 35.4 Å². The van der Waals surface area contributed by atoms with Gasteiger partial charge in [0.15, 0.2) is 5.11 Å². The number of hydrogen-bond donors (Lipinski definition) is 3. The third kappa shape index (κ3) is 4.39. The van der Waals surface area contributed by atoms with Crippen molar-refractivity contribution in [1.29, 1.82) is 0 Å². The quantitative estimate of drug-likeness (QED) is 0.524. The molecule has 0 spiro atoms. The average molecular weight is 384 g/mol. The van der Waals surface area contributed by atoms with Gasteiger partial charge in [0.1, 0.15) is 17.1 Å². The van der Waals surface area contributed by atoms with Gasteiger partial charge in [-0.05, 0) is 76.2 Å². The molecule has 1 heterocycles. The SMILES string of the molecule is Cc1cc(C)c(NC(=S)NN=C2CC(C)(C)Oc3ccc(O)cc32)c(C)c1. The number of hydrogen-bond acceptors (Lipinski definition) is 4. The van der Waals surface area contributed by atoms with Crippen LogP contribution in [0.2, 0.25) is 0 Å². The summed E-state index contributed by atoms with van der Waals surface area (Å²) < 4.78 is 5.98. The van der Waals surface area contributed by atoms with E-state index in [0.717, 1.165) is 28.1 Å². The Hall–Kier alpha value is -2.60. The Morgan fingerprint density at radius 3 is 2.48 bits per heavy atom. The van der Waals surface area contributed by atoms with E-state index in [1.54, 1.807) is 18.2 Å². The number of phenols is 1. The summed E-state index contributed by atoms with van der Waals surface area (Å²) in [5, 5.41) is 18.0. The van der Waals surface area contributed by atoms with Crippen LogP contribution in [0.25, 0.3) is 0 Å². The second kappa shape index (κ2) is 7.19. The molecule has 1 aliphatic heterocycles. The van der Waals surface area contributed by atoms with Crippen LogP contribution < -0.4 is 15.5 Å². The number of thiocarbonyl (C=S) groups is 1. The van der Waals surface area contributed by atoms with Gasteiger partial charge in [-0.3, -0.25) is 5.43 Å². The molecule has 0 atom stereocenters. The lowest BCUT2D eigenvalue weighted by atomic mass is 9.92. The third-order valence-corrected chi connectivity index (χ3v) is 4.65. The largest absolute Gasteiger partial charge is 0.508 e. The molecule has 0 aromatic heterocycles. The van der Waals surface area contributed by atoms with Crippen molar-refractivity contribution in [2.24, 2.45) is 5.10 Å². The second-order valence-corrected chi connectivity index (χ2v) is 8.03. The first-order valence-corrected chi connectivity index (χ1v) is 9.29. The minimum atomic E-state index is -0.385. The molecule has 3 N–H and O–H groups in total. The number of phenolic OH excluding ortho intramolecular Hbond substituents is 1. The minimum absolute atomic E-state index is 0.177.